The Morgan fingerprint density at radius 2 is 1.88 bits per heavy atom. The van der Waals surface area contributed by atoms with Crippen LogP contribution in [0, 0.1) is 5.92 Å². The number of halogens is 1. The normalized spacial score (nSPS) is 13.8. The Morgan fingerprint density at radius 1 is 1.29 bits per heavy atom. The van der Waals surface area contributed by atoms with Crippen molar-refractivity contribution in [3.8, 4) is 0 Å². The molecule has 0 aromatic heterocycles. The summed E-state index contributed by atoms with van der Waals surface area (Å²) in [4.78, 5) is 22.6. The standard InChI is InChI=1S/C12H14ClNO3/c1-7(12(16)17)8(2)14-11(15)9-5-3-4-6-10(9)13/h3-8H,1-2H3,(H,14,15)(H,16,17). The van der Waals surface area contributed by atoms with Gasteiger partial charge < -0.3 is 10.4 Å². The number of rotatable bonds is 4. The number of aliphatic carboxylic acids is 1. The van der Waals surface area contributed by atoms with Gasteiger partial charge in [-0.05, 0) is 26.0 Å². The molecule has 0 heterocycles. The van der Waals surface area contributed by atoms with Gasteiger partial charge in [-0.25, -0.2) is 0 Å². The molecule has 0 aliphatic rings. The highest BCUT2D eigenvalue weighted by Crippen LogP contribution is 2.15. The van der Waals surface area contributed by atoms with Gasteiger partial charge in [0.05, 0.1) is 16.5 Å². The fourth-order valence-electron chi connectivity index (χ4n) is 1.27. The van der Waals surface area contributed by atoms with Gasteiger partial charge in [0.1, 0.15) is 0 Å². The summed E-state index contributed by atoms with van der Waals surface area (Å²) in [6, 6.07) is 6.17. The maximum atomic E-state index is 11.8. The quantitative estimate of drug-likeness (QED) is 0.867. The highest BCUT2D eigenvalue weighted by Gasteiger charge is 2.22. The van der Waals surface area contributed by atoms with E-state index in [0.717, 1.165) is 0 Å². The summed E-state index contributed by atoms with van der Waals surface area (Å²) in [5.41, 5.74) is 0.346. The second kappa shape index (κ2) is 5.68. The molecular formula is C12H14ClNO3. The average Bonchev–Trinajstić information content (AvgIpc) is 2.28. The van der Waals surface area contributed by atoms with Crippen LogP contribution in [0.2, 0.25) is 5.02 Å². The summed E-state index contributed by atoms with van der Waals surface area (Å²) in [6.07, 6.45) is 0. The molecular weight excluding hydrogens is 242 g/mol. The second-order valence-electron chi connectivity index (χ2n) is 3.87. The van der Waals surface area contributed by atoms with Crippen molar-refractivity contribution in [3.05, 3.63) is 34.9 Å². The lowest BCUT2D eigenvalue weighted by atomic mass is 10.0. The minimum absolute atomic E-state index is 0.346. The zero-order valence-corrected chi connectivity index (χ0v) is 10.4. The van der Waals surface area contributed by atoms with Crippen molar-refractivity contribution in [2.75, 3.05) is 0 Å². The molecule has 2 unspecified atom stereocenters. The molecule has 0 bridgehead atoms. The molecule has 2 N–H and O–H groups in total. The molecule has 17 heavy (non-hydrogen) atoms. The van der Waals surface area contributed by atoms with E-state index in [0.29, 0.717) is 10.6 Å². The summed E-state index contributed by atoms with van der Waals surface area (Å²) in [5, 5.41) is 11.8. The Balaban J connectivity index is 2.74. The number of nitrogens with one attached hydrogen (secondary N) is 1. The van der Waals surface area contributed by atoms with E-state index >= 15 is 0 Å². The van der Waals surface area contributed by atoms with Gasteiger partial charge in [-0.1, -0.05) is 23.7 Å². The molecule has 0 fully saturated rings. The number of carboxylic acids is 1. The Kier molecular flexibility index (Phi) is 4.52. The van der Waals surface area contributed by atoms with Crippen LogP contribution < -0.4 is 5.32 Å². The third-order valence-electron chi connectivity index (χ3n) is 2.62. The van der Waals surface area contributed by atoms with E-state index < -0.39 is 17.9 Å². The predicted octanol–water partition coefficient (Wildman–Crippen LogP) is 2.18. The zero-order chi connectivity index (χ0) is 13.0. The number of carboxylic acid groups (broad SMARTS) is 1. The minimum atomic E-state index is -0.947. The summed E-state index contributed by atoms with van der Waals surface area (Å²) in [7, 11) is 0. The van der Waals surface area contributed by atoms with Crippen LogP contribution in [-0.2, 0) is 4.79 Å². The van der Waals surface area contributed by atoms with Gasteiger partial charge >= 0.3 is 5.97 Å². The third kappa shape index (κ3) is 3.46. The first kappa shape index (κ1) is 13.5. The molecule has 92 valence electrons. The van der Waals surface area contributed by atoms with Crippen LogP contribution in [0.1, 0.15) is 24.2 Å². The summed E-state index contributed by atoms with van der Waals surface area (Å²) < 4.78 is 0. The van der Waals surface area contributed by atoms with Crippen LogP contribution in [0.25, 0.3) is 0 Å². The van der Waals surface area contributed by atoms with Crippen molar-refractivity contribution in [3.63, 3.8) is 0 Å². The van der Waals surface area contributed by atoms with Crippen molar-refractivity contribution < 1.29 is 14.7 Å². The Hall–Kier alpha value is -1.55. The Labute approximate surface area is 105 Å². The van der Waals surface area contributed by atoms with Gasteiger partial charge in [-0.3, -0.25) is 9.59 Å². The number of carbonyl (C=O) groups is 2. The molecule has 5 heteroatoms. The van der Waals surface area contributed by atoms with E-state index in [-0.39, 0.29) is 5.91 Å². The van der Waals surface area contributed by atoms with E-state index in [1.165, 1.54) is 0 Å². The van der Waals surface area contributed by atoms with E-state index in [4.69, 9.17) is 16.7 Å². The summed E-state index contributed by atoms with van der Waals surface area (Å²) in [6.45, 7) is 3.19. The van der Waals surface area contributed by atoms with Crippen molar-refractivity contribution in [1.82, 2.24) is 5.32 Å². The van der Waals surface area contributed by atoms with Crippen LogP contribution in [0.4, 0.5) is 0 Å². The smallest absolute Gasteiger partial charge is 0.308 e. The van der Waals surface area contributed by atoms with Crippen LogP contribution >= 0.6 is 11.6 Å². The SMILES string of the molecule is CC(NC(=O)c1ccccc1Cl)C(C)C(=O)O. The van der Waals surface area contributed by atoms with Crippen molar-refractivity contribution in [2.24, 2.45) is 5.92 Å². The van der Waals surface area contributed by atoms with Gasteiger partial charge in [0.25, 0.3) is 5.91 Å². The number of amides is 1. The van der Waals surface area contributed by atoms with Crippen molar-refractivity contribution in [1.29, 1.82) is 0 Å². The largest absolute Gasteiger partial charge is 0.481 e. The summed E-state index contributed by atoms with van der Waals surface area (Å²) in [5.74, 6) is -1.96. The van der Waals surface area contributed by atoms with Crippen molar-refractivity contribution in [2.45, 2.75) is 19.9 Å². The van der Waals surface area contributed by atoms with Gasteiger partial charge in [-0.2, -0.15) is 0 Å². The molecule has 0 saturated carbocycles. The molecule has 1 aromatic rings. The topological polar surface area (TPSA) is 66.4 Å². The van der Waals surface area contributed by atoms with Gasteiger partial charge in [0.2, 0.25) is 0 Å². The fraction of sp³-hybridized carbons (Fsp3) is 0.333. The van der Waals surface area contributed by atoms with Crippen molar-refractivity contribution >= 4 is 23.5 Å². The number of hydrogen-bond donors (Lipinski definition) is 2. The zero-order valence-electron chi connectivity index (χ0n) is 9.61. The van der Waals surface area contributed by atoms with Crippen LogP contribution in [0.5, 0.6) is 0 Å². The molecule has 0 radical (unpaired) electrons. The first-order chi connectivity index (χ1) is 7.93. The molecule has 2 atom stereocenters. The van der Waals surface area contributed by atoms with E-state index in [1.54, 1.807) is 38.1 Å². The molecule has 1 aromatic carbocycles. The predicted molar refractivity (Wildman–Crippen MR) is 65.2 cm³/mol. The molecule has 0 aliphatic carbocycles. The highest BCUT2D eigenvalue weighted by atomic mass is 35.5. The van der Waals surface area contributed by atoms with Gasteiger partial charge in [0, 0.05) is 6.04 Å². The molecule has 0 aliphatic heterocycles. The van der Waals surface area contributed by atoms with Gasteiger partial charge in [0.15, 0.2) is 0 Å². The molecule has 1 rings (SSSR count). The highest BCUT2D eigenvalue weighted by molar-refractivity contribution is 6.33. The lowest BCUT2D eigenvalue weighted by Gasteiger charge is -2.18. The summed E-state index contributed by atoms with van der Waals surface area (Å²) >= 11 is 5.87. The maximum Gasteiger partial charge on any atom is 0.308 e. The maximum absolute atomic E-state index is 11.8. The molecule has 0 saturated heterocycles. The number of benzene rings is 1. The van der Waals surface area contributed by atoms with Crippen LogP contribution in [-0.4, -0.2) is 23.0 Å². The molecule has 0 spiro atoms. The van der Waals surface area contributed by atoms with Crippen LogP contribution in [0.3, 0.4) is 0 Å². The van der Waals surface area contributed by atoms with Gasteiger partial charge in [-0.15, -0.1) is 0 Å². The molecule has 4 nitrogen and oxygen atoms in total. The van der Waals surface area contributed by atoms with E-state index in [1.807, 2.05) is 0 Å². The fourth-order valence-corrected chi connectivity index (χ4v) is 1.49. The minimum Gasteiger partial charge on any atom is -0.481 e. The van der Waals surface area contributed by atoms with Crippen LogP contribution in [0.15, 0.2) is 24.3 Å². The Morgan fingerprint density at radius 3 is 2.41 bits per heavy atom. The lowest BCUT2D eigenvalue weighted by molar-refractivity contribution is -0.141. The van der Waals surface area contributed by atoms with E-state index in [9.17, 15) is 9.59 Å². The Bertz CT molecular complexity index is 434. The lowest BCUT2D eigenvalue weighted by Crippen LogP contribution is -2.40. The first-order valence-corrected chi connectivity index (χ1v) is 5.59. The first-order valence-electron chi connectivity index (χ1n) is 5.21. The van der Waals surface area contributed by atoms with E-state index in [2.05, 4.69) is 5.32 Å². The third-order valence-corrected chi connectivity index (χ3v) is 2.95. The number of hydrogen-bond acceptors (Lipinski definition) is 2. The monoisotopic (exact) mass is 255 g/mol. The second-order valence-corrected chi connectivity index (χ2v) is 4.28. The average molecular weight is 256 g/mol. The molecule has 1 amide bonds. The number of carbonyl (C=O) groups excluding carboxylic acids is 1.